The molecule has 1 aromatic heterocycles. The van der Waals surface area contributed by atoms with Crippen LogP contribution >= 0.6 is 11.3 Å². The summed E-state index contributed by atoms with van der Waals surface area (Å²) in [5.41, 5.74) is 1.74. The van der Waals surface area contributed by atoms with E-state index in [0.29, 0.717) is 13.1 Å². The van der Waals surface area contributed by atoms with Crippen molar-refractivity contribution in [2.75, 3.05) is 18.0 Å². The summed E-state index contributed by atoms with van der Waals surface area (Å²) in [6.45, 7) is 5.09. The summed E-state index contributed by atoms with van der Waals surface area (Å²) in [4.78, 5) is 30.4. The first-order valence-corrected chi connectivity index (χ1v) is 8.35. The van der Waals surface area contributed by atoms with E-state index in [1.807, 2.05) is 32.0 Å². The predicted molar refractivity (Wildman–Crippen MR) is 88.1 cm³/mol. The Kier molecular flexibility index (Phi) is 4.11. The molecule has 2 aromatic rings. The molecule has 0 radical (unpaired) electrons. The Hall–Kier alpha value is -1.95. The third-order valence-corrected chi connectivity index (χ3v) is 4.79. The molecular weight excluding hydrogens is 298 g/mol. The molecule has 5 nitrogen and oxygen atoms in total. The van der Waals surface area contributed by atoms with E-state index in [-0.39, 0.29) is 24.2 Å². The number of rotatable bonds is 4. The average Bonchev–Trinajstić information content (AvgIpc) is 3.05. The van der Waals surface area contributed by atoms with Crippen LogP contribution in [0.2, 0.25) is 0 Å². The highest BCUT2D eigenvalue weighted by molar-refractivity contribution is 7.18. The van der Waals surface area contributed by atoms with Crippen molar-refractivity contribution in [3.8, 4) is 0 Å². The lowest BCUT2D eigenvalue weighted by Crippen LogP contribution is -2.33. The van der Waals surface area contributed by atoms with Crippen molar-refractivity contribution >= 4 is 39.1 Å². The lowest BCUT2D eigenvalue weighted by atomic mass is 10.1. The minimum Gasteiger partial charge on any atom is -0.356 e. The van der Waals surface area contributed by atoms with Gasteiger partial charge in [0, 0.05) is 25.2 Å². The van der Waals surface area contributed by atoms with Gasteiger partial charge in [0.25, 0.3) is 0 Å². The van der Waals surface area contributed by atoms with Gasteiger partial charge in [0.05, 0.1) is 21.1 Å². The highest BCUT2D eigenvalue weighted by Gasteiger charge is 2.35. The Labute approximate surface area is 133 Å². The molecule has 3 rings (SSSR count). The number of nitrogens with one attached hydrogen (secondary N) is 1. The van der Waals surface area contributed by atoms with Gasteiger partial charge in [-0.05, 0) is 31.5 Å². The first kappa shape index (κ1) is 15.0. The molecule has 1 atom stereocenters. The molecule has 22 heavy (non-hydrogen) atoms. The van der Waals surface area contributed by atoms with E-state index in [4.69, 9.17) is 0 Å². The normalized spacial score (nSPS) is 18.2. The van der Waals surface area contributed by atoms with Gasteiger partial charge in [-0.15, -0.1) is 11.3 Å². The molecule has 0 aliphatic carbocycles. The second kappa shape index (κ2) is 6.04. The standard InChI is InChI=1S/C16H19N3O2S/c1-3-6-17-16(21)11-7-15(20)19(9-11)12-4-5-14-13(8-12)18-10(2)22-14/h4-5,8,11H,3,6-7,9H2,1-2H3,(H,17,21). The fourth-order valence-corrected chi connectivity index (χ4v) is 3.53. The largest absolute Gasteiger partial charge is 0.356 e. The molecule has 1 aliphatic heterocycles. The second-order valence-corrected chi connectivity index (χ2v) is 6.82. The van der Waals surface area contributed by atoms with E-state index in [9.17, 15) is 9.59 Å². The molecular formula is C16H19N3O2S. The topological polar surface area (TPSA) is 62.3 Å². The van der Waals surface area contributed by atoms with Gasteiger partial charge in [0.2, 0.25) is 11.8 Å². The maximum atomic E-state index is 12.2. The number of thiazole rings is 1. The van der Waals surface area contributed by atoms with Crippen molar-refractivity contribution in [1.82, 2.24) is 10.3 Å². The molecule has 116 valence electrons. The fourth-order valence-electron chi connectivity index (χ4n) is 2.72. The summed E-state index contributed by atoms with van der Waals surface area (Å²) in [5.74, 6) is -0.279. The predicted octanol–water partition coefficient (Wildman–Crippen LogP) is 2.48. The quantitative estimate of drug-likeness (QED) is 0.942. The van der Waals surface area contributed by atoms with Crippen LogP contribution in [0.3, 0.4) is 0 Å². The number of fused-ring (bicyclic) bond motifs is 1. The van der Waals surface area contributed by atoms with E-state index in [1.165, 1.54) is 0 Å². The van der Waals surface area contributed by atoms with Crippen molar-refractivity contribution in [1.29, 1.82) is 0 Å². The van der Waals surface area contributed by atoms with E-state index in [1.54, 1.807) is 16.2 Å². The Morgan fingerprint density at radius 3 is 3.09 bits per heavy atom. The molecule has 2 heterocycles. The van der Waals surface area contributed by atoms with Crippen LogP contribution in [0.15, 0.2) is 18.2 Å². The van der Waals surface area contributed by atoms with E-state index in [2.05, 4.69) is 10.3 Å². The second-order valence-electron chi connectivity index (χ2n) is 5.58. The van der Waals surface area contributed by atoms with Crippen LogP contribution in [-0.4, -0.2) is 29.9 Å². The number of carbonyl (C=O) groups excluding carboxylic acids is 2. The summed E-state index contributed by atoms with van der Waals surface area (Å²) >= 11 is 1.64. The molecule has 1 aromatic carbocycles. The van der Waals surface area contributed by atoms with Crippen LogP contribution in [0.25, 0.3) is 10.2 Å². The van der Waals surface area contributed by atoms with Crippen LogP contribution in [0.1, 0.15) is 24.8 Å². The van der Waals surface area contributed by atoms with Crippen LogP contribution in [0.4, 0.5) is 5.69 Å². The van der Waals surface area contributed by atoms with Crippen LogP contribution in [0.5, 0.6) is 0 Å². The van der Waals surface area contributed by atoms with Gasteiger partial charge in [-0.25, -0.2) is 4.98 Å². The summed E-state index contributed by atoms with van der Waals surface area (Å²) < 4.78 is 1.12. The van der Waals surface area contributed by atoms with Crippen LogP contribution in [-0.2, 0) is 9.59 Å². The number of aryl methyl sites for hydroxylation is 1. The molecule has 0 bridgehead atoms. The van der Waals surface area contributed by atoms with Crippen molar-refractivity contribution < 1.29 is 9.59 Å². The molecule has 2 amide bonds. The number of anilines is 1. The molecule has 6 heteroatoms. The summed E-state index contributed by atoms with van der Waals surface area (Å²) in [6.07, 6.45) is 1.18. The van der Waals surface area contributed by atoms with Gasteiger partial charge in [0.15, 0.2) is 0 Å². The molecule has 1 saturated heterocycles. The van der Waals surface area contributed by atoms with Crippen molar-refractivity contribution in [3.05, 3.63) is 23.2 Å². The molecule has 1 fully saturated rings. The molecule has 0 saturated carbocycles. The number of carbonyl (C=O) groups is 2. The maximum absolute atomic E-state index is 12.2. The van der Waals surface area contributed by atoms with Gasteiger partial charge < -0.3 is 10.2 Å². The number of nitrogens with zero attached hydrogens (tertiary/aromatic N) is 2. The Bertz CT molecular complexity index is 725. The monoisotopic (exact) mass is 317 g/mol. The Morgan fingerprint density at radius 1 is 1.50 bits per heavy atom. The number of hydrogen-bond acceptors (Lipinski definition) is 4. The van der Waals surface area contributed by atoms with Gasteiger partial charge in [-0.1, -0.05) is 6.92 Å². The molecule has 1 N–H and O–H groups in total. The zero-order valence-corrected chi connectivity index (χ0v) is 13.6. The summed E-state index contributed by atoms with van der Waals surface area (Å²) in [7, 11) is 0. The third-order valence-electron chi connectivity index (χ3n) is 3.83. The van der Waals surface area contributed by atoms with E-state index in [0.717, 1.165) is 27.3 Å². The first-order chi connectivity index (χ1) is 10.6. The van der Waals surface area contributed by atoms with E-state index >= 15 is 0 Å². The molecule has 0 spiro atoms. The Morgan fingerprint density at radius 2 is 2.32 bits per heavy atom. The number of amides is 2. The zero-order valence-electron chi connectivity index (χ0n) is 12.8. The van der Waals surface area contributed by atoms with E-state index < -0.39 is 0 Å². The highest BCUT2D eigenvalue weighted by Crippen LogP contribution is 2.30. The van der Waals surface area contributed by atoms with Gasteiger partial charge in [0.1, 0.15) is 0 Å². The number of benzene rings is 1. The molecule has 1 unspecified atom stereocenters. The fraction of sp³-hybridized carbons (Fsp3) is 0.438. The SMILES string of the molecule is CCCNC(=O)C1CC(=O)N(c2ccc3sc(C)nc3c2)C1. The summed E-state index contributed by atoms with van der Waals surface area (Å²) in [5, 5.41) is 3.88. The van der Waals surface area contributed by atoms with Crippen molar-refractivity contribution in [2.24, 2.45) is 5.92 Å². The van der Waals surface area contributed by atoms with Crippen molar-refractivity contribution in [2.45, 2.75) is 26.7 Å². The first-order valence-electron chi connectivity index (χ1n) is 7.53. The molecule has 1 aliphatic rings. The zero-order chi connectivity index (χ0) is 15.7. The summed E-state index contributed by atoms with van der Waals surface area (Å²) in [6, 6.07) is 5.86. The lowest BCUT2D eigenvalue weighted by Gasteiger charge is -2.16. The van der Waals surface area contributed by atoms with Gasteiger partial charge in [-0.2, -0.15) is 0 Å². The maximum Gasteiger partial charge on any atom is 0.227 e. The lowest BCUT2D eigenvalue weighted by molar-refractivity contribution is -0.126. The minimum atomic E-state index is -0.257. The van der Waals surface area contributed by atoms with Crippen molar-refractivity contribution in [3.63, 3.8) is 0 Å². The Balaban J connectivity index is 1.78. The smallest absolute Gasteiger partial charge is 0.227 e. The third kappa shape index (κ3) is 2.83. The highest BCUT2D eigenvalue weighted by atomic mass is 32.1. The average molecular weight is 317 g/mol. The van der Waals surface area contributed by atoms with Crippen LogP contribution in [0, 0.1) is 12.8 Å². The number of aromatic nitrogens is 1. The van der Waals surface area contributed by atoms with Crippen LogP contribution < -0.4 is 10.2 Å². The van der Waals surface area contributed by atoms with Gasteiger partial charge in [-0.3, -0.25) is 9.59 Å². The van der Waals surface area contributed by atoms with Gasteiger partial charge >= 0.3 is 0 Å². The minimum absolute atomic E-state index is 0.00273. The number of hydrogen-bond donors (Lipinski definition) is 1.